The van der Waals surface area contributed by atoms with Crippen molar-refractivity contribution in [2.45, 2.75) is 58.5 Å². The van der Waals surface area contributed by atoms with Gasteiger partial charge < -0.3 is 10.2 Å². The monoisotopic (exact) mass is 276 g/mol. The van der Waals surface area contributed by atoms with E-state index in [0.29, 0.717) is 12.1 Å². The maximum Gasteiger partial charge on any atom is 0.0446 e. The molecule has 0 fully saturated rings. The maximum atomic E-state index is 3.46. The molecule has 0 aromatic heterocycles. The second kappa shape index (κ2) is 9.15. The van der Waals surface area contributed by atoms with Crippen LogP contribution in [0.4, 0.5) is 0 Å². The Balaban J connectivity index is 2.65. The first-order valence-corrected chi connectivity index (χ1v) is 8.08. The van der Waals surface area contributed by atoms with E-state index in [1.54, 1.807) is 0 Å². The molecule has 0 saturated carbocycles. The van der Waals surface area contributed by atoms with Crippen LogP contribution in [0.5, 0.6) is 0 Å². The lowest BCUT2D eigenvalue weighted by Gasteiger charge is -2.29. The van der Waals surface area contributed by atoms with Gasteiger partial charge in [0.2, 0.25) is 0 Å². The highest BCUT2D eigenvalue weighted by atomic mass is 15.1. The van der Waals surface area contributed by atoms with Crippen molar-refractivity contribution < 1.29 is 0 Å². The minimum Gasteiger partial charge on any atom is -0.312 e. The molecule has 1 aromatic carbocycles. The van der Waals surface area contributed by atoms with E-state index in [2.05, 4.69) is 69.3 Å². The third-order valence-corrected chi connectivity index (χ3v) is 4.20. The van der Waals surface area contributed by atoms with Crippen LogP contribution in [0.2, 0.25) is 0 Å². The number of nitrogens with one attached hydrogen (secondary N) is 1. The Bertz CT molecular complexity index is 358. The van der Waals surface area contributed by atoms with Gasteiger partial charge in [0.15, 0.2) is 0 Å². The Hall–Kier alpha value is -0.860. The lowest BCUT2D eigenvalue weighted by molar-refractivity contribution is 0.222. The van der Waals surface area contributed by atoms with Gasteiger partial charge in [-0.2, -0.15) is 0 Å². The van der Waals surface area contributed by atoms with Crippen molar-refractivity contribution in [3.8, 4) is 0 Å². The van der Waals surface area contributed by atoms with Crippen molar-refractivity contribution in [1.29, 1.82) is 0 Å². The Morgan fingerprint density at radius 1 is 1.10 bits per heavy atom. The SMILES string of the molecule is CCCc1ccc(C(CN(C)C(C)CCC)NC)cc1. The van der Waals surface area contributed by atoms with E-state index in [0.717, 1.165) is 6.54 Å². The standard InChI is InChI=1S/C18H32N2/c1-6-8-15(3)20(5)14-18(19-4)17-12-10-16(9-7-2)11-13-17/h10-13,15,18-19H,6-9,14H2,1-5H3. The Labute approximate surface area is 125 Å². The summed E-state index contributed by atoms with van der Waals surface area (Å²) in [4.78, 5) is 2.46. The molecule has 2 heteroatoms. The molecule has 2 nitrogen and oxygen atoms in total. The molecule has 2 atom stereocenters. The summed E-state index contributed by atoms with van der Waals surface area (Å²) in [6.45, 7) is 7.87. The number of hydrogen-bond acceptors (Lipinski definition) is 2. The van der Waals surface area contributed by atoms with Gasteiger partial charge >= 0.3 is 0 Å². The molecular weight excluding hydrogens is 244 g/mol. The predicted octanol–water partition coefficient (Wildman–Crippen LogP) is 4.02. The predicted molar refractivity (Wildman–Crippen MR) is 89.2 cm³/mol. The molecule has 1 aromatic rings. The zero-order chi connectivity index (χ0) is 15.0. The summed E-state index contributed by atoms with van der Waals surface area (Å²) in [6.07, 6.45) is 4.91. The minimum absolute atomic E-state index is 0.412. The average Bonchev–Trinajstić information content (AvgIpc) is 2.46. The van der Waals surface area contributed by atoms with Crippen LogP contribution in [-0.4, -0.2) is 31.6 Å². The molecule has 0 amide bonds. The molecule has 0 spiro atoms. The van der Waals surface area contributed by atoms with Gasteiger partial charge in [0, 0.05) is 18.6 Å². The molecule has 1 N–H and O–H groups in total. The first-order valence-electron chi connectivity index (χ1n) is 8.08. The zero-order valence-electron chi connectivity index (χ0n) is 13.9. The van der Waals surface area contributed by atoms with Gasteiger partial charge in [0.05, 0.1) is 0 Å². The van der Waals surface area contributed by atoms with E-state index >= 15 is 0 Å². The molecule has 0 bridgehead atoms. The molecule has 0 aliphatic heterocycles. The smallest absolute Gasteiger partial charge is 0.0446 e. The van der Waals surface area contributed by atoms with E-state index in [-0.39, 0.29) is 0 Å². The van der Waals surface area contributed by atoms with Gasteiger partial charge in [0.25, 0.3) is 0 Å². The summed E-state index contributed by atoms with van der Waals surface area (Å²) < 4.78 is 0. The van der Waals surface area contributed by atoms with Crippen LogP contribution in [0.25, 0.3) is 0 Å². The lowest BCUT2D eigenvalue weighted by Crippen LogP contribution is -2.36. The van der Waals surface area contributed by atoms with Crippen LogP contribution in [-0.2, 0) is 6.42 Å². The number of hydrogen-bond donors (Lipinski definition) is 1. The summed E-state index contributed by atoms with van der Waals surface area (Å²) >= 11 is 0. The number of likely N-dealkylation sites (N-methyl/N-ethyl adjacent to an activating group) is 2. The van der Waals surface area contributed by atoms with Crippen LogP contribution in [0, 0.1) is 0 Å². The summed E-state index contributed by atoms with van der Waals surface area (Å²) in [6, 6.07) is 10.2. The topological polar surface area (TPSA) is 15.3 Å². The summed E-state index contributed by atoms with van der Waals surface area (Å²) in [5.74, 6) is 0. The van der Waals surface area contributed by atoms with Crippen molar-refractivity contribution in [1.82, 2.24) is 10.2 Å². The van der Waals surface area contributed by atoms with Gasteiger partial charge in [0.1, 0.15) is 0 Å². The fourth-order valence-corrected chi connectivity index (χ4v) is 2.67. The Morgan fingerprint density at radius 3 is 2.25 bits per heavy atom. The zero-order valence-corrected chi connectivity index (χ0v) is 13.9. The summed E-state index contributed by atoms with van der Waals surface area (Å²) in [5, 5.41) is 3.46. The van der Waals surface area contributed by atoms with Crippen LogP contribution in [0.15, 0.2) is 24.3 Å². The summed E-state index contributed by atoms with van der Waals surface area (Å²) in [7, 11) is 4.29. The minimum atomic E-state index is 0.412. The Kier molecular flexibility index (Phi) is 7.86. The van der Waals surface area contributed by atoms with Crippen LogP contribution < -0.4 is 5.32 Å². The second-order valence-electron chi connectivity index (χ2n) is 5.91. The van der Waals surface area contributed by atoms with Gasteiger partial charge in [-0.1, -0.05) is 51.0 Å². The molecule has 0 aliphatic rings. The van der Waals surface area contributed by atoms with Crippen LogP contribution >= 0.6 is 0 Å². The first kappa shape index (κ1) is 17.2. The highest BCUT2D eigenvalue weighted by molar-refractivity contribution is 5.25. The quantitative estimate of drug-likeness (QED) is 0.733. The van der Waals surface area contributed by atoms with Gasteiger partial charge in [-0.05, 0) is 45.0 Å². The van der Waals surface area contributed by atoms with E-state index in [9.17, 15) is 0 Å². The lowest BCUT2D eigenvalue weighted by atomic mass is 10.0. The number of benzene rings is 1. The number of nitrogens with zero attached hydrogens (tertiary/aromatic N) is 1. The molecule has 2 unspecified atom stereocenters. The number of rotatable bonds is 9. The molecule has 20 heavy (non-hydrogen) atoms. The maximum absolute atomic E-state index is 3.46. The van der Waals surface area contributed by atoms with E-state index in [4.69, 9.17) is 0 Å². The number of aryl methyl sites for hydroxylation is 1. The molecule has 0 aliphatic carbocycles. The van der Waals surface area contributed by atoms with Crippen molar-refractivity contribution in [3.05, 3.63) is 35.4 Å². The van der Waals surface area contributed by atoms with E-state index < -0.39 is 0 Å². The average molecular weight is 276 g/mol. The van der Waals surface area contributed by atoms with Crippen LogP contribution in [0.3, 0.4) is 0 Å². The molecule has 114 valence electrons. The highest BCUT2D eigenvalue weighted by Gasteiger charge is 2.15. The molecule has 0 saturated heterocycles. The third kappa shape index (κ3) is 5.26. The molecule has 0 heterocycles. The van der Waals surface area contributed by atoms with Gasteiger partial charge in [-0.3, -0.25) is 0 Å². The van der Waals surface area contributed by atoms with Crippen molar-refractivity contribution in [2.75, 3.05) is 20.6 Å². The largest absolute Gasteiger partial charge is 0.312 e. The van der Waals surface area contributed by atoms with Crippen LogP contribution in [0.1, 0.15) is 57.2 Å². The fourth-order valence-electron chi connectivity index (χ4n) is 2.67. The second-order valence-corrected chi connectivity index (χ2v) is 5.91. The highest BCUT2D eigenvalue weighted by Crippen LogP contribution is 2.17. The molecular formula is C18H32N2. The van der Waals surface area contributed by atoms with Crippen molar-refractivity contribution >= 4 is 0 Å². The first-order chi connectivity index (χ1) is 9.62. The Morgan fingerprint density at radius 2 is 1.75 bits per heavy atom. The summed E-state index contributed by atoms with van der Waals surface area (Å²) in [5.41, 5.74) is 2.83. The fraction of sp³-hybridized carbons (Fsp3) is 0.667. The molecule has 1 rings (SSSR count). The van der Waals surface area contributed by atoms with Crippen molar-refractivity contribution in [3.63, 3.8) is 0 Å². The third-order valence-electron chi connectivity index (χ3n) is 4.20. The van der Waals surface area contributed by atoms with Crippen molar-refractivity contribution in [2.24, 2.45) is 0 Å². The van der Waals surface area contributed by atoms with Gasteiger partial charge in [-0.25, -0.2) is 0 Å². The molecule has 0 radical (unpaired) electrons. The normalized spacial score (nSPS) is 14.5. The van der Waals surface area contributed by atoms with Gasteiger partial charge in [-0.15, -0.1) is 0 Å². The van der Waals surface area contributed by atoms with E-state index in [1.807, 2.05) is 0 Å². The van der Waals surface area contributed by atoms with E-state index in [1.165, 1.54) is 36.8 Å².